The van der Waals surface area contributed by atoms with Gasteiger partial charge >= 0.3 is 0 Å². The van der Waals surface area contributed by atoms with Crippen LogP contribution in [0.2, 0.25) is 0 Å². The molecule has 1 aliphatic carbocycles. The van der Waals surface area contributed by atoms with E-state index in [-0.39, 0.29) is 0 Å². The third kappa shape index (κ3) is 8.20. The second kappa shape index (κ2) is 19.7. The highest BCUT2D eigenvalue weighted by molar-refractivity contribution is 5.98. The summed E-state index contributed by atoms with van der Waals surface area (Å²) >= 11 is 0. The van der Waals surface area contributed by atoms with Crippen molar-refractivity contribution >= 4 is 34.1 Å². The van der Waals surface area contributed by atoms with Crippen molar-refractivity contribution in [2.75, 3.05) is 9.80 Å². The van der Waals surface area contributed by atoms with E-state index >= 15 is 0 Å². The standard InChI is InChI=1S/C73H52N2/c1-6-22-53(23-7-1)56-40-46-62(47-41-56)74(63-48-42-57(43-49-63)54-24-8-2-9-25-54)71-39-21-37-69-72(71)67-35-16-18-36-68(67)73(69,60-30-14-5-15-31-60)61-32-20-33-65(52-61)75(64-50-44-58(45-51-64)55-26-10-3-11-27-55)70-38-19-17-34-66(70)59-28-12-4-13-29-59/h1-52H/t73-/m1/s1. The molecule has 0 aromatic heterocycles. The van der Waals surface area contributed by atoms with Crippen LogP contribution in [0.4, 0.5) is 34.1 Å². The van der Waals surface area contributed by atoms with Crippen molar-refractivity contribution in [1.29, 1.82) is 0 Å². The number of hydrogen-bond donors (Lipinski definition) is 0. The van der Waals surface area contributed by atoms with E-state index in [0.717, 1.165) is 45.3 Å². The SMILES string of the molecule is c1ccc(-c2ccc(N(c3cccc([C@]4(c5ccccc5)c5ccccc5-c5c(N(c6ccc(-c7ccccc7)cc6)c6ccc(-c7ccccc7)cc6)cccc54)c3)c3ccccc3-c3ccccc3)cc2)cc1. The van der Waals surface area contributed by atoms with Crippen LogP contribution in [-0.2, 0) is 5.41 Å². The fourth-order valence-corrected chi connectivity index (χ4v) is 11.5. The van der Waals surface area contributed by atoms with Gasteiger partial charge in [0.05, 0.1) is 16.8 Å². The van der Waals surface area contributed by atoms with Gasteiger partial charge in [0.2, 0.25) is 0 Å². The third-order valence-corrected chi connectivity index (χ3v) is 15.0. The Kier molecular flexibility index (Phi) is 11.8. The van der Waals surface area contributed by atoms with E-state index in [1.54, 1.807) is 0 Å². The van der Waals surface area contributed by atoms with Crippen molar-refractivity contribution in [3.63, 3.8) is 0 Å². The molecular weight excluding hydrogens is 905 g/mol. The second-order valence-electron chi connectivity index (χ2n) is 19.2. The fraction of sp³-hybridized carbons (Fsp3) is 0.0137. The number of rotatable bonds is 12. The lowest BCUT2D eigenvalue weighted by molar-refractivity contribution is 0.768. The molecule has 1 aliphatic rings. The van der Waals surface area contributed by atoms with E-state index in [0.29, 0.717) is 0 Å². The lowest BCUT2D eigenvalue weighted by Crippen LogP contribution is -2.29. The molecule has 1 atom stereocenters. The van der Waals surface area contributed by atoms with Crippen molar-refractivity contribution in [2.45, 2.75) is 5.41 Å². The number of nitrogens with zero attached hydrogens (tertiary/aromatic N) is 2. The Bertz CT molecular complexity index is 3810. The first kappa shape index (κ1) is 45.1. The average Bonchev–Trinajstić information content (AvgIpc) is 3.87. The zero-order chi connectivity index (χ0) is 50.0. The summed E-state index contributed by atoms with van der Waals surface area (Å²) in [4.78, 5) is 4.90. The van der Waals surface area contributed by atoms with Crippen LogP contribution in [0, 0.1) is 0 Å². The summed E-state index contributed by atoms with van der Waals surface area (Å²) in [5, 5.41) is 0. The van der Waals surface area contributed by atoms with Gasteiger partial charge in [-0.3, -0.25) is 0 Å². The van der Waals surface area contributed by atoms with Crippen molar-refractivity contribution in [3.05, 3.63) is 338 Å². The average molecular weight is 957 g/mol. The molecule has 75 heavy (non-hydrogen) atoms. The summed E-state index contributed by atoms with van der Waals surface area (Å²) in [6, 6.07) is 115. The van der Waals surface area contributed by atoms with E-state index in [2.05, 4.69) is 325 Å². The van der Waals surface area contributed by atoms with Crippen molar-refractivity contribution < 1.29 is 0 Å². The van der Waals surface area contributed by atoms with Gasteiger partial charge in [-0.25, -0.2) is 0 Å². The zero-order valence-corrected chi connectivity index (χ0v) is 41.4. The maximum absolute atomic E-state index is 2.46. The van der Waals surface area contributed by atoms with E-state index in [9.17, 15) is 0 Å². The summed E-state index contributed by atoms with van der Waals surface area (Å²) in [5.41, 5.74) is 22.6. The minimum absolute atomic E-state index is 0.693. The van der Waals surface area contributed by atoms with Gasteiger partial charge < -0.3 is 9.80 Å². The van der Waals surface area contributed by atoms with Gasteiger partial charge in [-0.15, -0.1) is 0 Å². The Labute approximate surface area is 440 Å². The number of hydrogen-bond acceptors (Lipinski definition) is 2. The first-order valence-corrected chi connectivity index (χ1v) is 25.8. The highest BCUT2D eigenvalue weighted by Gasteiger charge is 2.47. The Hall–Kier alpha value is -9.76. The molecule has 2 heteroatoms. The monoisotopic (exact) mass is 956 g/mol. The molecule has 0 unspecified atom stereocenters. The molecule has 0 heterocycles. The third-order valence-electron chi connectivity index (χ3n) is 15.0. The first-order valence-electron chi connectivity index (χ1n) is 25.8. The number of para-hydroxylation sites is 1. The summed E-state index contributed by atoms with van der Waals surface area (Å²) < 4.78 is 0. The Morgan fingerprint density at radius 1 is 0.213 bits per heavy atom. The van der Waals surface area contributed by atoms with Gasteiger partial charge in [-0.05, 0) is 127 Å². The molecule has 0 saturated carbocycles. The molecule has 0 fully saturated rings. The maximum atomic E-state index is 2.46. The van der Waals surface area contributed by atoms with E-state index in [1.807, 2.05) is 0 Å². The summed E-state index contributed by atoms with van der Waals surface area (Å²) in [6.45, 7) is 0. The minimum atomic E-state index is -0.693. The molecule has 2 nitrogen and oxygen atoms in total. The zero-order valence-electron chi connectivity index (χ0n) is 41.4. The van der Waals surface area contributed by atoms with Crippen LogP contribution in [-0.4, -0.2) is 0 Å². The Morgan fingerprint density at radius 3 is 1.09 bits per heavy atom. The van der Waals surface area contributed by atoms with Crippen LogP contribution in [0.3, 0.4) is 0 Å². The normalized spacial score (nSPS) is 13.4. The smallest absolute Gasteiger partial charge is 0.0715 e. The topological polar surface area (TPSA) is 6.48 Å². The van der Waals surface area contributed by atoms with Crippen LogP contribution in [0.15, 0.2) is 315 Å². The predicted molar refractivity (Wildman–Crippen MR) is 315 cm³/mol. The largest absolute Gasteiger partial charge is 0.310 e. The lowest BCUT2D eigenvalue weighted by Gasteiger charge is -2.36. The summed E-state index contributed by atoms with van der Waals surface area (Å²) in [6.07, 6.45) is 0. The van der Waals surface area contributed by atoms with Gasteiger partial charge in [0, 0.05) is 33.9 Å². The molecule has 0 N–H and O–H groups in total. The number of benzene rings is 12. The molecule has 12 aromatic carbocycles. The molecule has 0 aliphatic heterocycles. The molecule has 0 amide bonds. The quantitative estimate of drug-likeness (QED) is 0.120. The number of fused-ring (bicyclic) bond motifs is 3. The molecule has 12 aromatic rings. The van der Waals surface area contributed by atoms with Gasteiger partial charge in [-0.2, -0.15) is 0 Å². The Balaban J connectivity index is 1.02. The van der Waals surface area contributed by atoms with Crippen molar-refractivity contribution in [2.24, 2.45) is 0 Å². The van der Waals surface area contributed by atoms with Gasteiger partial charge in [-0.1, -0.05) is 255 Å². The highest BCUT2D eigenvalue weighted by Crippen LogP contribution is 2.60. The predicted octanol–water partition coefficient (Wildman–Crippen LogP) is 19.7. The van der Waals surface area contributed by atoms with Gasteiger partial charge in [0.15, 0.2) is 0 Å². The van der Waals surface area contributed by atoms with Gasteiger partial charge in [0.1, 0.15) is 0 Å². The Morgan fingerprint density at radius 2 is 0.573 bits per heavy atom. The molecule has 0 spiro atoms. The van der Waals surface area contributed by atoms with Crippen LogP contribution in [0.5, 0.6) is 0 Å². The van der Waals surface area contributed by atoms with Crippen LogP contribution in [0.25, 0.3) is 55.6 Å². The van der Waals surface area contributed by atoms with Crippen LogP contribution >= 0.6 is 0 Å². The first-order chi connectivity index (χ1) is 37.2. The molecule has 0 radical (unpaired) electrons. The number of anilines is 6. The van der Waals surface area contributed by atoms with Crippen LogP contribution < -0.4 is 9.80 Å². The van der Waals surface area contributed by atoms with Crippen molar-refractivity contribution in [1.82, 2.24) is 0 Å². The van der Waals surface area contributed by atoms with Crippen molar-refractivity contribution in [3.8, 4) is 55.6 Å². The van der Waals surface area contributed by atoms with E-state index in [4.69, 9.17) is 0 Å². The molecule has 13 rings (SSSR count). The van der Waals surface area contributed by atoms with Gasteiger partial charge in [0.25, 0.3) is 0 Å². The molecule has 354 valence electrons. The second-order valence-corrected chi connectivity index (χ2v) is 19.2. The molecular formula is C73H52N2. The molecule has 0 saturated heterocycles. The lowest BCUT2D eigenvalue weighted by atomic mass is 9.67. The molecule has 0 bridgehead atoms. The fourth-order valence-electron chi connectivity index (χ4n) is 11.5. The minimum Gasteiger partial charge on any atom is -0.310 e. The maximum Gasteiger partial charge on any atom is 0.0715 e. The van der Waals surface area contributed by atoms with Crippen LogP contribution in [0.1, 0.15) is 22.3 Å². The van der Waals surface area contributed by atoms with E-state index in [1.165, 1.54) is 66.8 Å². The summed E-state index contributed by atoms with van der Waals surface area (Å²) in [5.74, 6) is 0. The highest BCUT2D eigenvalue weighted by atomic mass is 15.2. The van der Waals surface area contributed by atoms with E-state index < -0.39 is 5.41 Å². The summed E-state index contributed by atoms with van der Waals surface area (Å²) in [7, 11) is 0.